The number of carbonyl (C=O) groups excluding carboxylic acids is 1. The van der Waals surface area contributed by atoms with Crippen molar-refractivity contribution in [3.8, 4) is 11.8 Å². The molecule has 24 heavy (non-hydrogen) atoms. The van der Waals surface area contributed by atoms with Gasteiger partial charge in [-0.15, -0.1) is 11.3 Å². The maximum absolute atomic E-state index is 14.7. The number of morpholine rings is 1. The number of nitrogens with zero attached hydrogens (tertiary/aromatic N) is 1. The third-order valence-electron chi connectivity index (χ3n) is 3.81. The van der Waals surface area contributed by atoms with Gasteiger partial charge in [-0.1, -0.05) is 17.9 Å². The first-order chi connectivity index (χ1) is 11.6. The highest BCUT2D eigenvalue weighted by atomic mass is 32.1. The van der Waals surface area contributed by atoms with Crippen LogP contribution in [-0.4, -0.2) is 31.6 Å². The Morgan fingerprint density at radius 1 is 1.29 bits per heavy atom. The standard InChI is InChI=1S/C19H18FNO2S/c1-13-10-21(11-14(2)23-13)19-16(12-22)8-15(9-18(19)20)5-6-17-4-3-7-24-17/h3-4,7-9,12-14H,10-11H2,1-2H3/t13-,14+. The Kier molecular flexibility index (Phi) is 4.98. The monoisotopic (exact) mass is 343 g/mol. The number of anilines is 1. The molecule has 0 bridgehead atoms. The fraction of sp³-hybridized carbons (Fsp3) is 0.316. The van der Waals surface area contributed by atoms with Crippen molar-refractivity contribution in [1.29, 1.82) is 0 Å². The molecule has 5 heteroatoms. The lowest BCUT2D eigenvalue weighted by atomic mass is 10.1. The summed E-state index contributed by atoms with van der Waals surface area (Å²) in [5.74, 6) is 5.49. The lowest BCUT2D eigenvalue weighted by Gasteiger charge is -2.37. The van der Waals surface area contributed by atoms with E-state index in [2.05, 4.69) is 11.8 Å². The number of ether oxygens (including phenoxy) is 1. The predicted octanol–water partition coefficient (Wildman–Crippen LogP) is 3.71. The summed E-state index contributed by atoms with van der Waals surface area (Å²) in [5, 5.41) is 1.94. The molecule has 1 aliphatic rings. The summed E-state index contributed by atoms with van der Waals surface area (Å²) >= 11 is 1.52. The fourth-order valence-electron chi connectivity index (χ4n) is 2.96. The van der Waals surface area contributed by atoms with Crippen LogP contribution >= 0.6 is 11.3 Å². The van der Waals surface area contributed by atoms with E-state index in [9.17, 15) is 9.18 Å². The van der Waals surface area contributed by atoms with Gasteiger partial charge in [0.15, 0.2) is 6.29 Å². The zero-order valence-electron chi connectivity index (χ0n) is 13.6. The third-order valence-corrected chi connectivity index (χ3v) is 4.59. The van der Waals surface area contributed by atoms with Crippen LogP contribution in [0.25, 0.3) is 0 Å². The van der Waals surface area contributed by atoms with Crippen LogP contribution in [0.15, 0.2) is 29.6 Å². The first-order valence-corrected chi connectivity index (χ1v) is 8.69. The van der Waals surface area contributed by atoms with Crippen LogP contribution in [0.4, 0.5) is 10.1 Å². The topological polar surface area (TPSA) is 29.5 Å². The summed E-state index contributed by atoms with van der Waals surface area (Å²) in [5.41, 5.74) is 1.17. The Balaban J connectivity index is 1.95. The normalized spacial score (nSPS) is 20.4. The molecule has 0 radical (unpaired) electrons. The summed E-state index contributed by atoms with van der Waals surface area (Å²) in [6, 6.07) is 6.86. The molecule has 124 valence electrons. The van der Waals surface area contributed by atoms with Gasteiger partial charge in [0.1, 0.15) is 5.82 Å². The molecule has 0 spiro atoms. The number of hydrogen-bond acceptors (Lipinski definition) is 4. The Bertz CT molecular complexity index is 782. The van der Waals surface area contributed by atoms with Crippen LogP contribution < -0.4 is 4.90 Å². The molecule has 2 heterocycles. The number of rotatable bonds is 2. The van der Waals surface area contributed by atoms with E-state index in [4.69, 9.17) is 4.74 Å². The van der Waals surface area contributed by atoms with Crippen LogP contribution in [0.1, 0.15) is 34.6 Å². The van der Waals surface area contributed by atoms with Gasteiger partial charge in [-0.3, -0.25) is 4.79 Å². The van der Waals surface area contributed by atoms with Crippen molar-refractivity contribution in [2.45, 2.75) is 26.1 Å². The highest BCUT2D eigenvalue weighted by Crippen LogP contribution is 2.28. The predicted molar refractivity (Wildman–Crippen MR) is 94.3 cm³/mol. The first-order valence-electron chi connectivity index (χ1n) is 7.81. The molecule has 1 saturated heterocycles. The molecule has 1 fully saturated rings. The molecular weight excluding hydrogens is 325 g/mol. The average molecular weight is 343 g/mol. The van der Waals surface area contributed by atoms with Crippen molar-refractivity contribution in [1.82, 2.24) is 0 Å². The van der Waals surface area contributed by atoms with Gasteiger partial charge in [0, 0.05) is 24.2 Å². The second kappa shape index (κ2) is 7.16. The number of halogens is 1. The quantitative estimate of drug-likeness (QED) is 0.615. The number of thiophene rings is 1. The Morgan fingerprint density at radius 3 is 2.67 bits per heavy atom. The van der Waals surface area contributed by atoms with Crippen LogP contribution in [0.5, 0.6) is 0 Å². The van der Waals surface area contributed by atoms with Crippen molar-refractivity contribution < 1.29 is 13.9 Å². The molecule has 2 atom stereocenters. The molecule has 3 nitrogen and oxygen atoms in total. The lowest BCUT2D eigenvalue weighted by Crippen LogP contribution is -2.46. The van der Waals surface area contributed by atoms with E-state index in [1.54, 1.807) is 6.07 Å². The molecule has 0 unspecified atom stereocenters. The highest BCUT2D eigenvalue weighted by Gasteiger charge is 2.26. The van der Waals surface area contributed by atoms with E-state index in [1.807, 2.05) is 36.3 Å². The molecule has 0 N–H and O–H groups in total. The minimum absolute atomic E-state index is 0.00838. The Morgan fingerprint density at radius 2 is 2.04 bits per heavy atom. The molecule has 1 aromatic carbocycles. The second-order valence-corrected chi connectivity index (χ2v) is 6.85. The summed E-state index contributed by atoms with van der Waals surface area (Å²) in [7, 11) is 0. The summed E-state index contributed by atoms with van der Waals surface area (Å²) in [6.45, 7) is 5.01. The minimum atomic E-state index is -0.420. The Labute approximate surface area is 145 Å². The van der Waals surface area contributed by atoms with Gasteiger partial charge in [-0.25, -0.2) is 4.39 Å². The maximum atomic E-state index is 14.7. The number of benzene rings is 1. The highest BCUT2D eigenvalue weighted by molar-refractivity contribution is 7.10. The molecule has 0 aliphatic carbocycles. The largest absolute Gasteiger partial charge is 0.372 e. The third kappa shape index (κ3) is 3.66. The van der Waals surface area contributed by atoms with Crippen molar-refractivity contribution in [2.75, 3.05) is 18.0 Å². The van der Waals surface area contributed by atoms with Crippen molar-refractivity contribution in [2.24, 2.45) is 0 Å². The van der Waals surface area contributed by atoms with Gasteiger partial charge in [-0.05, 0) is 37.4 Å². The number of carbonyl (C=O) groups is 1. The van der Waals surface area contributed by atoms with Crippen LogP contribution in [0.2, 0.25) is 0 Å². The Hall–Kier alpha value is -2.16. The van der Waals surface area contributed by atoms with Crippen LogP contribution in [0.3, 0.4) is 0 Å². The van der Waals surface area contributed by atoms with Crippen molar-refractivity contribution >= 4 is 23.3 Å². The zero-order chi connectivity index (χ0) is 17.1. The van der Waals surface area contributed by atoms with Gasteiger partial charge >= 0.3 is 0 Å². The van der Waals surface area contributed by atoms with E-state index < -0.39 is 5.82 Å². The maximum Gasteiger partial charge on any atom is 0.152 e. The average Bonchev–Trinajstić information content (AvgIpc) is 3.04. The minimum Gasteiger partial charge on any atom is -0.372 e. The van der Waals surface area contributed by atoms with Crippen LogP contribution in [0, 0.1) is 17.7 Å². The van der Waals surface area contributed by atoms with Gasteiger partial charge < -0.3 is 9.64 Å². The van der Waals surface area contributed by atoms with Crippen LogP contribution in [-0.2, 0) is 4.74 Å². The summed E-state index contributed by atoms with van der Waals surface area (Å²) in [6.07, 6.45) is 0.677. The van der Waals surface area contributed by atoms with Crippen molar-refractivity contribution in [3.05, 3.63) is 51.5 Å². The van der Waals surface area contributed by atoms with Gasteiger partial charge in [0.2, 0.25) is 0 Å². The smallest absolute Gasteiger partial charge is 0.152 e. The second-order valence-electron chi connectivity index (χ2n) is 5.90. The summed E-state index contributed by atoms with van der Waals surface area (Å²) < 4.78 is 20.4. The molecule has 2 aromatic rings. The van der Waals surface area contributed by atoms with Crippen molar-refractivity contribution in [3.63, 3.8) is 0 Å². The summed E-state index contributed by atoms with van der Waals surface area (Å²) in [4.78, 5) is 14.3. The molecular formula is C19H18FNO2S. The van der Waals surface area contributed by atoms with Gasteiger partial charge in [0.05, 0.1) is 22.8 Å². The van der Waals surface area contributed by atoms with Gasteiger partial charge in [0.25, 0.3) is 0 Å². The molecule has 0 saturated carbocycles. The van der Waals surface area contributed by atoms with E-state index in [0.29, 0.717) is 36.2 Å². The first kappa shape index (κ1) is 16.7. The van der Waals surface area contributed by atoms with E-state index in [0.717, 1.165) is 4.88 Å². The molecule has 1 aliphatic heterocycles. The molecule has 1 aromatic heterocycles. The SMILES string of the molecule is C[C@@H]1CN(c2c(F)cc(C#Cc3cccs3)cc2C=O)C[C@H](C)O1. The zero-order valence-corrected chi connectivity index (χ0v) is 14.4. The van der Waals surface area contributed by atoms with E-state index in [-0.39, 0.29) is 12.2 Å². The number of hydrogen-bond donors (Lipinski definition) is 0. The van der Waals surface area contributed by atoms with E-state index >= 15 is 0 Å². The van der Waals surface area contributed by atoms with E-state index in [1.165, 1.54) is 17.4 Å². The molecule has 0 amide bonds. The van der Waals surface area contributed by atoms with Gasteiger partial charge in [-0.2, -0.15) is 0 Å². The number of aldehydes is 1. The molecule has 3 rings (SSSR count). The fourth-order valence-corrected chi connectivity index (χ4v) is 3.53. The lowest BCUT2D eigenvalue weighted by molar-refractivity contribution is -0.00543.